The number of fused-ring (bicyclic) bond motifs is 3. The second-order valence-corrected chi connectivity index (χ2v) is 8.33. The van der Waals surface area contributed by atoms with E-state index in [2.05, 4.69) is 12.2 Å². The van der Waals surface area contributed by atoms with Gasteiger partial charge in [0.05, 0.1) is 0 Å². The Morgan fingerprint density at radius 2 is 1.75 bits per heavy atom. The first kappa shape index (κ1) is 19.3. The molecule has 0 N–H and O–H groups in total. The van der Waals surface area contributed by atoms with Gasteiger partial charge in [0.2, 0.25) is 0 Å². The fourth-order valence-corrected chi connectivity index (χ4v) is 5.69. The molecule has 2 aromatic carbocycles. The zero-order valence-corrected chi connectivity index (χ0v) is 16.3. The first-order valence-electron chi connectivity index (χ1n) is 10.4. The average molecular weight is 384 g/mol. The molecule has 0 nitrogen and oxygen atoms in total. The van der Waals surface area contributed by atoms with E-state index in [-0.39, 0.29) is 11.7 Å². The first-order chi connectivity index (χ1) is 13.6. The summed E-state index contributed by atoms with van der Waals surface area (Å²) >= 11 is 0. The van der Waals surface area contributed by atoms with Crippen LogP contribution < -0.4 is 0 Å². The van der Waals surface area contributed by atoms with Gasteiger partial charge in [-0.3, -0.25) is 0 Å². The molecule has 28 heavy (non-hydrogen) atoms. The van der Waals surface area contributed by atoms with Crippen molar-refractivity contribution in [2.75, 3.05) is 0 Å². The van der Waals surface area contributed by atoms with Gasteiger partial charge in [-0.25, -0.2) is 13.2 Å². The Bertz CT molecular complexity index is 853. The molecule has 148 valence electrons. The fraction of sp³-hybridized carbons (Fsp3) is 0.440. The predicted molar refractivity (Wildman–Crippen MR) is 107 cm³/mol. The van der Waals surface area contributed by atoms with Crippen molar-refractivity contribution >= 4 is 0 Å². The molecule has 0 aromatic heterocycles. The van der Waals surface area contributed by atoms with E-state index in [1.807, 2.05) is 19.1 Å². The van der Waals surface area contributed by atoms with Crippen molar-refractivity contribution in [1.82, 2.24) is 0 Å². The van der Waals surface area contributed by atoms with Crippen molar-refractivity contribution in [2.45, 2.75) is 57.3 Å². The van der Waals surface area contributed by atoms with Crippen LogP contribution in [0.15, 0.2) is 48.6 Å². The van der Waals surface area contributed by atoms with Crippen LogP contribution in [-0.4, -0.2) is 0 Å². The lowest BCUT2D eigenvalue weighted by Gasteiger charge is -2.47. The van der Waals surface area contributed by atoms with E-state index in [1.54, 1.807) is 6.07 Å². The van der Waals surface area contributed by atoms with Crippen LogP contribution in [0.5, 0.6) is 0 Å². The van der Waals surface area contributed by atoms with Gasteiger partial charge in [-0.15, -0.1) is 0 Å². The highest BCUT2D eigenvalue weighted by molar-refractivity contribution is 5.38. The van der Waals surface area contributed by atoms with E-state index in [9.17, 15) is 13.2 Å². The minimum absolute atomic E-state index is 0.182. The Balaban J connectivity index is 1.71. The van der Waals surface area contributed by atoms with E-state index in [0.29, 0.717) is 29.7 Å². The number of hydrogen-bond acceptors (Lipinski definition) is 0. The quantitative estimate of drug-likeness (QED) is 0.485. The molecule has 0 heterocycles. The third-order valence-corrected chi connectivity index (χ3v) is 6.85. The topological polar surface area (TPSA) is 0 Å². The van der Waals surface area contributed by atoms with Crippen LogP contribution >= 0.6 is 0 Å². The van der Waals surface area contributed by atoms with Crippen LogP contribution in [0.4, 0.5) is 13.2 Å². The minimum Gasteiger partial charge on any atom is -0.207 e. The summed E-state index contributed by atoms with van der Waals surface area (Å²) in [4.78, 5) is 0. The smallest absolute Gasteiger partial charge is 0.129 e. The lowest BCUT2D eigenvalue weighted by molar-refractivity contribution is 0.161. The monoisotopic (exact) mass is 384 g/mol. The molecule has 0 amide bonds. The molecule has 1 saturated carbocycles. The van der Waals surface area contributed by atoms with E-state index < -0.39 is 11.6 Å². The molecule has 0 radical (unpaired) electrons. The van der Waals surface area contributed by atoms with E-state index in [1.165, 1.54) is 17.7 Å². The molecule has 4 rings (SSSR count). The minimum atomic E-state index is -0.481. The Kier molecular flexibility index (Phi) is 5.61. The summed E-state index contributed by atoms with van der Waals surface area (Å²) in [5.41, 5.74) is 2.74. The Morgan fingerprint density at radius 3 is 2.50 bits per heavy atom. The van der Waals surface area contributed by atoms with Gasteiger partial charge < -0.3 is 0 Å². The normalized spacial score (nSPS) is 26.9. The van der Waals surface area contributed by atoms with Crippen molar-refractivity contribution in [3.63, 3.8) is 0 Å². The van der Waals surface area contributed by atoms with Crippen LogP contribution in [0.3, 0.4) is 0 Å². The van der Waals surface area contributed by atoms with Crippen LogP contribution in [-0.2, 0) is 6.42 Å². The molecule has 0 aliphatic heterocycles. The summed E-state index contributed by atoms with van der Waals surface area (Å²) < 4.78 is 41.8. The third kappa shape index (κ3) is 3.64. The number of rotatable bonds is 4. The second kappa shape index (κ2) is 8.14. The largest absolute Gasteiger partial charge is 0.207 e. The van der Waals surface area contributed by atoms with Crippen molar-refractivity contribution in [3.8, 4) is 0 Å². The summed E-state index contributed by atoms with van der Waals surface area (Å²) in [6.07, 6.45) is 9.99. The van der Waals surface area contributed by atoms with Gasteiger partial charge in [0.15, 0.2) is 0 Å². The van der Waals surface area contributed by atoms with E-state index in [0.717, 1.165) is 43.7 Å². The molecule has 0 saturated heterocycles. The maximum absolute atomic E-state index is 14.3. The lowest BCUT2D eigenvalue weighted by atomic mass is 9.57. The number of benzene rings is 2. The van der Waals surface area contributed by atoms with Gasteiger partial charge in [-0.2, -0.15) is 0 Å². The molecule has 1 fully saturated rings. The van der Waals surface area contributed by atoms with Crippen molar-refractivity contribution in [2.24, 2.45) is 11.8 Å². The first-order valence-corrected chi connectivity index (χ1v) is 10.4. The lowest BCUT2D eigenvalue weighted by Crippen LogP contribution is -2.35. The highest BCUT2D eigenvalue weighted by atomic mass is 19.1. The van der Waals surface area contributed by atoms with Crippen molar-refractivity contribution in [3.05, 3.63) is 82.7 Å². The fourth-order valence-electron chi connectivity index (χ4n) is 5.69. The predicted octanol–water partition coefficient (Wildman–Crippen LogP) is 7.30. The van der Waals surface area contributed by atoms with E-state index in [4.69, 9.17) is 0 Å². The third-order valence-electron chi connectivity index (χ3n) is 6.85. The number of hydrogen-bond donors (Lipinski definition) is 0. The van der Waals surface area contributed by atoms with Gasteiger partial charge in [0, 0.05) is 6.07 Å². The standard InChI is InChI=1S/C25H27F3/c1-2-3-4-5-16-8-11-20-22(25(16)17-6-9-18(26)10-7-17)13-12-21-23(20)14-19(27)15-24(21)28/h2-3,6-7,9-10,14-16,20,22,25H,4-5,8,11-13H2,1H3/b3-2+/t16-,20-,22+,25-/m1/s1. The van der Waals surface area contributed by atoms with Crippen LogP contribution in [0.2, 0.25) is 0 Å². The summed E-state index contributed by atoms with van der Waals surface area (Å²) in [6, 6.07) is 9.46. The Labute approximate surface area is 165 Å². The van der Waals surface area contributed by atoms with Gasteiger partial charge in [-0.1, -0.05) is 24.3 Å². The highest BCUT2D eigenvalue weighted by Crippen LogP contribution is 2.55. The molecule has 0 spiro atoms. The van der Waals surface area contributed by atoms with Crippen molar-refractivity contribution < 1.29 is 13.2 Å². The number of allylic oxidation sites excluding steroid dienone is 2. The Morgan fingerprint density at radius 1 is 0.964 bits per heavy atom. The molecule has 3 heteroatoms. The summed E-state index contributed by atoms with van der Waals surface area (Å²) in [7, 11) is 0. The molecular weight excluding hydrogens is 357 g/mol. The Hall–Kier alpha value is -2.03. The van der Waals surface area contributed by atoms with Gasteiger partial charge in [-0.05, 0) is 104 Å². The SMILES string of the molecule is C/C=C/CC[C@@H]1CC[C@H]2c3cc(F)cc(F)c3CC[C@@H]2[C@H]1c1ccc(F)cc1. The second-order valence-electron chi connectivity index (χ2n) is 8.33. The van der Waals surface area contributed by atoms with Crippen molar-refractivity contribution in [1.29, 1.82) is 0 Å². The van der Waals surface area contributed by atoms with Crippen LogP contribution in [0.1, 0.15) is 67.6 Å². The maximum atomic E-state index is 14.3. The molecule has 2 aromatic rings. The molecule has 2 aliphatic rings. The summed E-state index contributed by atoms with van der Waals surface area (Å²) in [5, 5.41) is 0. The van der Waals surface area contributed by atoms with Gasteiger partial charge in [0.1, 0.15) is 17.5 Å². The zero-order valence-electron chi connectivity index (χ0n) is 16.3. The molecule has 0 unspecified atom stereocenters. The van der Waals surface area contributed by atoms with Gasteiger partial charge >= 0.3 is 0 Å². The van der Waals surface area contributed by atoms with Crippen LogP contribution in [0.25, 0.3) is 0 Å². The number of halogens is 3. The highest BCUT2D eigenvalue weighted by Gasteiger charge is 2.43. The zero-order chi connectivity index (χ0) is 19.7. The molecule has 0 bridgehead atoms. The molecule has 4 atom stereocenters. The van der Waals surface area contributed by atoms with Crippen LogP contribution in [0, 0.1) is 29.3 Å². The molecular formula is C25H27F3. The summed E-state index contributed by atoms with van der Waals surface area (Å²) in [6.45, 7) is 2.04. The van der Waals surface area contributed by atoms with E-state index >= 15 is 0 Å². The molecule has 2 aliphatic carbocycles. The average Bonchev–Trinajstić information content (AvgIpc) is 2.68. The van der Waals surface area contributed by atoms with Gasteiger partial charge in [0.25, 0.3) is 0 Å². The summed E-state index contributed by atoms with van der Waals surface area (Å²) in [5.74, 6) is 0.254. The maximum Gasteiger partial charge on any atom is 0.129 e.